The summed E-state index contributed by atoms with van der Waals surface area (Å²) in [6.07, 6.45) is 88.9. The number of aliphatic hydroxyl groups is 2. The van der Waals surface area contributed by atoms with Crippen LogP contribution in [0.4, 0.5) is 0 Å². The summed E-state index contributed by atoms with van der Waals surface area (Å²) in [6, 6.07) is -0.633. The molecule has 0 heterocycles. The number of esters is 1. The summed E-state index contributed by atoms with van der Waals surface area (Å²) in [6.45, 7) is 4.90. The summed E-state index contributed by atoms with van der Waals surface area (Å²) in [7, 11) is 0. The van der Waals surface area contributed by atoms with Crippen LogP contribution in [0.3, 0.4) is 0 Å². The van der Waals surface area contributed by atoms with Crippen molar-refractivity contribution in [3.8, 4) is 0 Å². The van der Waals surface area contributed by atoms with Crippen LogP contribution in [0.5, 0.6) is 0 Å². The van der Waals surface area contributed by atoms with E-state index in [2.05, 4.69) is 55.6 Å². The monoisotopic (exact) mass is 1110 g/mol. The van der Waals surface area contributed by atoms with Gasteiger partial charge in [0.15, 0.2) is 0 Å². The molecule has 2 atom stereocenters. The van der Waals surface area contributed by atoms with Crippen molar-refractivity contribution in [2.24, 2.45) is 0 Å². The second-order valence-corrected chi connectivity index (χ2v) is 24.2. The van der Waals surface area contributed by atoms with Crippen molar-refractivity contribution in [1.29, 1.82) is 0 Å². The summed E-state index contributed by atoms with van der Waals surface area (Å²) in [5.74, 6) is -0.0614. The van der Waals surface area contributed by atoms with E-state index in [4.69, 9.17) is 4.74 Å². The van der Waals surface area contributed by atoms with Crippen molar-refractivity contribution >= 4 is 11.9 Å². The van der Waals surface area contributed by atoms with E-state index < -0.39 is 12.1 Å². The Labute approximate surface area is 493 Å². The Balaban J connectivity index is 3.42. The van der Waals surface area contributed by atoms with E-state index in [9.17, 15) is 19.8 Å². The lowest BCUT2D eigenvalue weighted by atomic mass is 10.0. The number of ether oxygens (including phenoxy) is 1. The highest BCUT2D eigenvalue weighted by atomic mass is 16.5. The molecule has 0 aliphatic carbocycles. The third-order valence-electron chi connectivity index (χ3n) is 16.3. The number of amides is 1. The van der Waals surface area contributed by atoms with Crippen LogP contribution in [0.2, 0.25) is 0 Å². The topological polar surface area (TPSA) is 95.9 Å². The van der Waals surface area contributed by atoms with Gasteiger partial charge in [-0.3, -0.25) is 9.59 Å². The predicted molar refractivity (Wildman–Crippen MR) is 347 cm³/mol. The predicted octanol–water partition coefficient (Wildman–Crippen LogP) is 22.9. The average Bonchev–Trinajstić information content (AvgIpc) is 3.45. The van der Waals surface area contributed by atoms with Crippen molar-refractivity contribution in [3.63, 3.8) is 0 Å². The zero-order valence-corrected chi connectivity index (χ0v) is 53.1. The molecule has 6 heteroatoms. The standard InChI is InChI=1S/C73H137NO5/c1-3-5-7-9-11-13-15-17-19-21-29-33-37-41-45-49-53-57-61-65-71(76)70(69-75)74-72(77)66-62-58-54-50-46-42-38-34-31-27-25-23-24-26-28-32-36-40-44-48-52-56-60-64-68-79-73(78)67-63-59-55-51-47-43-39-35-30-22-20-18-16-14-12-10-8-6-4-2/h12,14,18,20,25,27,61,65,70-71,75-76H,3-11,13,15-17,19,21-24,26,28-60,62-64,66-69H2,1-2H3,(H,74,77)/b14-12-,20-18-,27-25-,65-61+. The van der Waals surface area contributed by atoms with Gasteiger partial charge in [0.1, 0.15) is 0 Å². The maximum Gasteiger partial charge on any atom is 0.305 e. The Morgan fingerprint density at radius 3 is 1.00 bits per heavy atom. The van der Waals surface area contributed by atoms with Gasteiger partial charge in [0.25, 0.3) is 0 Å². The van der Waals surface area contributed by atoms with Crippen LogP contribution in [-0.2, 0) is 14.3 Å². The lowest BCUT2D eigenvalue weighted by Crippen LogP contribution is -2.45. The largest absolute Gasteiger partial charge is 0.466 e. The molecular formula is C73H137NO5. The van der Waals surface area contributed by atoms with Crippen LogP contribution in [0.15, 0.2) is 48.6 Å². The minimum Gasteiger partial charge on any atom is -0.466 e. The zero-order valence-electron chi connectivity index (χ0n) is 53.1. The molecule has 0 spiro atoms. The van der Waals surface area contributed by atoms with Gasteiger partial charge in [0, 0.05) is 12.8 Å². The SMILES string of the molecule is CCCCC/C=C\C/C=C\CCCCCCCCCCCC(=O)OCCCCCCCCCCCCCC/C=C\CCCCCCCCCCC(=O)NC(CO)C(O)/C=C/CCCCCCCCCCCCCCCCCCC. The molecule has 0 aromatic heterocycles. The van der Waals surface area contributed by atoms with E-state index in [-0.39, 0.29) is 18.5 Å². The van der Waals surface area contributed by atoms with Crippen molar-refractivity contribution in [3.05, 3.63) is 48.6 Å². The molecule has 3 N–H and O–H groups in total. The first-order chi connectivity index (χ1) is 39.0. The molecular weight excluding hydrogens is 971 g/mol. The number of nitrogens with one attached hydrogen (secondary N) is 1. The fourth-order valence-corrected chi connectivity index (χ4v) is 10.9. The van der Waals surface area contributed by atoms with Gasteiger partial charge in [-0.2, -0.15) is 0 Å². The van der Waals surface area contributed by atoms with Crippen LogP contribution < -0.4 is 5.32 Å². The van der Waals surface area contributed by atoms with Crippen LogP contribution in [0, 0.1) is 0 Å². The molecule has 0 saturated heterocycles. The van der Waals surface area contributed by atoms with Gasteiger partial charge in [-0.1, -0.05) is 326 Å². The molecule has 2 unspecified atom stereocenters. The van der Waals surface area contributed by atoms with E-state index in [1.54, 1.807) is 6.08 Å². The first-order valence-corrected chi connectivity index (χ1v) is 35.4. The molecule has 0 aliphatic heterocycles. The number of rotatable bonds is 66. The Hall–Kier alpha value is -2.18. The Bertz CT molecular complexity index is 1320. The number of carbonyl (C=O) groups is 2. The molecule has 464 valence electrons. The van der Waals surface area contributed by atoms with Crippen molar-refractivity contribution in [1.82, 2.24) is 5.32 Å². The third-order valence-corrected chi connectivity index (χ3v) is 16.3. The van der Waals surface area contributed by atoms with Gasteiger partial charge in [-0.15, -0.1) is 0 Å². The van der Waals surface area contributed by atoms with Gasteiger partial charge in [0.05, 0.1) is 25.4 Å². The normalized spacial score (nSPS) is 12.8. The van der Waals surface area contributed by atoms with E-state index in [1.807, 2.05) is 6.08 Å². The minimum absolute atomic E-state index is 0.00853. The number of aliphatic hydroxyl groups excluding tert-OH is 2. The van der Waals surface area contributed by atoms with E-state index in [1.165, 1.54) is 302 Å². The average molecular weight is 1110 g/mol. The number of hydrogen-bond acceptors (Lipinski definition) is 5. The smallest absolute Gasteiger partial charge is 0.305 e. The molecule has 0 aromatic rings. The van der Waals surface area contributed by atoms with Gasteiger partial charge in [-0.25, -0.2) is 0 Å². The molecule has 0 aliphatic rings. The molecule has 0 radical (unpaired) electrons. The molecule has 0 fully saturated rings. The van der Waals surface area contributed by atoms with Crippen LogP contribution >= 0.6 is 0 Å². The van der Waals surface area contributed by atoms with Crippen LogP contribution in [0.25, 0.3) is 0 Å². The van der Waals surface area contributed by atoms with Crippen LogP contribution in [-0.4, -0.2) is 47.4 Å². The van der Waals surface area contributed by atoms with Crippen molar-refractivity contribution < 1.29 is 24.5 Å². The minimum atomic E-state index is -0.849. The molecule has 79 heavy (non-hydrogen) atoms. The summed E-state index contributed by atoms with van der Waals surface area (Å²) in [5.41, 5.74) is 0. The number of allylic oxidation sites excluding steroid dienone is 7. The third kappa shape index (κ3) is 64.8. The first kappa shape index (κ1) is 76.8. The van der Waals surface area contributed by atoms with Crippen molar-refractivity contribution in [2.45, 2.75) is 392 Å². The Kier molecular flexibility index (Phi) is 66.4. The Morgan fingerprint density at radius 2 is 0.633 bits per heavy atom. The maximum atomic E-state index is 12.5. The fourth-order valence-electron chi connectivity index (χ4n) is 10.9. The highest BCUT2D eigenvalue weighted by molar-refractivity contribution is 5.76. The van der Waals surface area contributed by atoms with Gasteiger partial charge in [0.2, 0.25) is 5.91 Å². The second-order valence-electron chi connectivity index (χ2n) is 24.2. The van der Waals surface area contributed by atoms with Gasteiger partial charge in [-0.05, 0) is 89.9 Å². The number of hydrogen-bond donors (Lipinski definition) is 3. The Morgan fingerprint density at radius 1 is 0.354 bits per heavy atom. The van der Waals surface area contributed by atoms with E-state index in [0.29, 0.717) is 19.4 Å². The molecule has 0 rings (SSSR count). The summed E-state index contributed by atoms with van der Waals surface area (Å²) >= 11 is 0. The second kappa shape index (κ2) is 68.3. The quantitative estimate of drug-likeness (QED) is 0.0320. The molecule has 0 saturated carbocycles. The van der Waals surface area contributed by atoms with E-state index in [0.717, 1.165) is 51.4 Å². The van der Waals surface area contributed by atoms with Crippen LogP contribution in [0.1, 0.15) is 380 Å². The molecule has 1 amide bonds. The first-order valence-electron chi connectivity index (χ1n) is 35.4. The van der Waals surface area contributed by atoms with Gasteiger partial charge >= 0.3 is 5.97 Å². The van der Waals surface area contributed by atoms with Crippen molar-refractivity contribution in [2.75, 3.05) is 13.2 Å². The van der Waals surface area contributed by atoms with E-state index >= 15 is 0 Å². The fraction of sp³-hybridized carbons (Fsp3) is 0.863. The summed E-state index contributed by atoms with van der Waals surface area (Å²) < 4.78 is 5.50. The number of unbranched alkanes of at least 4 members (excludes halogenated alkanes) is 49. The maximum absolute atomic E-state index is 12.5. The molecule has 0 aromatic carbocycles. The molecule has 6 nitrogen and oxygen atoms in total. The summed E-state index contributed by atoms with van der Waals surface area (Å²) in [5, 5.41) is 23.2. The molecule has 0 bridgehead atoms. The zero-order chi connectivity index (χ0) is 57.1. The summed E-state index contributed by atoms with van der Waals surface area (Å²) in [4.78, 5) is 24.6. The highest BCUT2D eigenvalue weighted by Crippen LogP contribution is 2.18. The number of carbonyl (C=O) groups excluding carboxylic acids is 2. The van der Waals surface area contributed by atoms with Gasteiger partial charge < -0.3 is 20.3 Å². The lowest BCUT2D eigenvalue weighted by Gasteiger charge is -2.20. The lowest BCUT2D eigenvalue weighted by molar-refractivity contribution is -0.143. The highest BCUT2D eigenvalue weighted by Gasteiger charge is 2.18.